The van der Waals surface area contributed by atoms with Crippen molar-refractivity contribution in [3.05, 3.63) is 11.7 Å². The third kappa shape index (κ3) is 3.81. The molecule has 0 aromatic carbocycles. The second-order valence-electron chi connectivity index (χ2n) is 6.07. The summed E-state index contributed by atoms with van der Waals surface area (Å²) < 4.78 is 5.30. The topological polar surface area (TPSA) is 80.1 Å². The summed E-state index contributed by atoms with van der Waals surface area (Å²) in [5.74, 6) is 2.04. The molecule has 0 bridgehead atoms. The summed E-state index contributed by atoms with van der Waals surface area (Å²) in [6.07, 6.45) is 8.80. The standard InChI is InChI=1S/C15H24N4O2/c20-15(12-7-4-9-16-12)17-10-8-13-18-14(19-21-13)11-5-2-1-3-6-11/h11-12,16H,1-10H2,(H,17,20). The lowest BCUT2D eigenvalue weighted by Gasteiger charge is -2.17. The molecule has 1 unspecified atom stereocenters. The summed E-state index contributed by atoms with van der Waals surface area (Å²) in [7, 11) is 0. The molecule has 2 N–H and O–H groups in total. The molecule has 1 amide bonds. The monoisotopic (exact) mass is 292 g/mol. The van der Waals surface area contributed by atoms with Crippen LogP contribution in [0.1, 0.15) is 62.6 Å². The van der Waals surface area contributed by atoms with Crippen molar-refractivity contribution in [2.75, 3.05) is 13.1 Å². The quantitative estimate of drug-likeness (QED) is 0.860. The van der Waals surface area contributed by atoms with Gasteiger partial charge in [0, 0.05) is 18.9 Å². The molecule has 2 heterocycles. The molecule has 1 aromatic rings. The second-order valence-corrected chi connectivity index (χ2v) is 6.07. The number of hydrogen-bond donors (Lipinski definition) is 2. The normalized spacial score (nSPS) is 23.3. The van der Waals surface area contributed by atoms with Crippen LogP contribution in [0.4, 0.5) is 0 Å². The Balaban J connectivity index is 1.43. The molecule has 21 heavy (non-hydrogen) atoms. The van der Waals surface area contributed by atoms with E-state index in [9.17, 15) is 4.79 Å². The highest BCUT2D eigenvalue weighted by molar-refractivity contribution is 5.81. The fourth-order valence-electron chi connectivity index (χ4n) is 3.22. The third-order valence-electron chi connectivity index (χ3n) is 4.47. The van der Waals surface area contributed by atoms with Gasteiger partial charge in [0.1, 0.15) is 0 Å². The first-order valence-electron chi connectivity index (χ1n) is 8.16. The first-order valence-corrected chi connectivity index (χ1v) is 8.16. The van der Waals surface area contributed by atoms with Gasteiger partial charge in [-0.15, -0.1) is 0 Å². The molecule has 1 aromatic heterocycles. The van der Waals surface area contributed by atoms with Gasteiger partial charge in [-0.2, -0.15) is 4.98 Å². The lowest BCUT2D eigenvalue weighted by molar-refractivity contribution is -0.122. The van der Waals surface area contributed by atoms with Crippen molar-refractivity contribution in [2.24, 2.45) is 0 Å². The van der Waals surface area contributed by atoms with E-state index in [0.29, 0.717) is 24.8 Å². The molecule has 1 saturated heterocycles. The van der Waals surface area contributed by atoms with Crippen molar-refractivity contribution in [3.8, 4) is 0 Å². The van der Waals surface area contributed by atoms with Crippen molar-refractivity contribution >= 4 is 5.91 Å². The van der Waals surface area contributed by atoms with Gasteiger partial charge in [0.15, 0.2) is 5.82 Å². The van der Waals surface area contributed by atoms with E-state index in [0.717, 1.165) is 25.2 Å². The summed E-state index contributed by atoms with van der Waals surface area (Å²) >= 11 is 0. The zero-order chi connectivity index (χ0) is 14.5. The van der Waals surface area contributed by atoms with Gasteiger partial charge in [0.05, 0.1) is 6.04 Å². The highest BCUT2D eigenvalue weighted by atomic mass is 16.5. The first kappa shape index (κ1) is 14.5. The predicted molar refractivity (Wildman–Crippen MR) is 77.9 cm³/mol. The van der Waals surface area contributed by atoms with Crippen LogP contribution in [0.25, 0.3) is 0 Å². The molecule has 6 heteroatoms. The number of nitrogens with one attached hydrogen (secondary N) is 2. The SMILES string of the molecule is O=C(NCCc1nc(C2CCCCC2)no1)C1CCCN1. The van der Waals surface area contributed by atoms with Gasteiger partial charge in [-0.3, -0.25) is 4.79 Å². The molecule has 1 aliphatic carbocycles. The van der Waals surface area contributed by atoms with E-state index in [2.05, 4.69) is 20.8 Å². The maximum atomic E-state index is 11.8. The van der Waals surface area contributed by atoms with E-state index in [1.807, 2.05) is 0 Å². The number of carbonyl (C=O) groups excluding carboxylic acids is 1. The van der Waals surface area contributed by atoms with E-state index < -0.39 is 0 Å². The number of nitrogens with zero attached hydrogens (tertiary/aromatic N) is 2. The van der Waals surface area contributed by atoms with Crippen molar-refractivity contribution in [2.45, 2.75) is 63.3 Å². The van der Waals surface area contributed by atoms with Crippen LogP contribution in [0.5, 0.6) is 0 Å². The Morgan fingerprint density at radius 2 is 2.10 bits per heavy atom. The van der Waals surface area contributed by atoms with Gasteiger partial charge in [-0.25, -0.2) is 0 Å². The Hall–Kier alpha value is -1.43. The number of hydrogen-bond acceptors (Lipinski definition) is 5. The second kappa shape index (κ2) is 7.02. The van der Waals surface area contributed by atoms with Crippen LogP contribution in [0.15, 0.2) is 4.52 Å². The van der Waals surface area contributed by atoms with Crippen LogP contribution >= 0.6 is 0 Å². The zero-order valence-corrected chi connectivity index (χ0v) is 12.4. The predicted octanol–water partition coefficient (Wildman–Crippen LogP) is 1.53. The average molecular weight is 292 g/mol. The van der Waals surface area contributed by atoms with E-state index >= 15 is 0 Å². The van der Waals surface area contributed by atoms with Crippen LogP contribution in [0.2, 0.25) is 0 Å². The van der Waals surface area contributed by atoms with Crippen LogP contribution < -0.4 is 10.6 Å². The van der Waals surface area contributed by atoms with Crippen LogP contribution in [-0.2, 0) is 11.2 Å². The van der Waals surface area contributed by atoms with Crippen LogP contribution in [-0.4, -0.2) is 35.2 Å². The Bertz CT molecular complexity index is 462. The van der Waals surface area contributed by atoms with Gasteiger partial charge >= 0.3 is 0 Å². The van der Waals surface area contributed by atoms with Crippen LogP contribution in [0.3, 0.4) is 0 Å². The summed E-state index contributed by atoms with van der Waals surface area (Å²) in [5.41, 5.74) is 0. The van der Waals surface area contributed by atoms with Gasteiger partial charge in [-0.05, 0) is 32.2 Å². The van der Waals surface area contributed by atoms with Gasteiger partial charge < -0.3 is 15.2 Å². The van der Waals surface area contributed by atoms with Crippen LogP contribution in [0, 0.1) is 0 Å². The fraction of sp³-hybridized carbons (Fsp3) is 0.800. The minimum atomic E-state index is -0.0227. The maximum Gasteiger partial charge on any atom is 0.237 e. The van der Waals surface area contributed by atoms with E-state index in [4.69, 9.17) is 4.52 Å². The Morgan fingerprint density at radius 3 is 2.86 bits per heavy atom. The Labute approximate surface area is 125 Å². The summed E-state index contributed by atoms with van der Waals surface area (Å²) in [6, 6.07) is -0.0227. The van der Waals surface area contributed by atoms with E-state index in [1.54, 1.807) is 0 Å². The largest absolute Gasteiger partial charge is 0.354 e. The van der Waals surface area contributed by atoms with Crippen molar-refractivity contribution in [3.63, 3.8) is 0 Å². The minimum absolute atomic E-state index is 0.0227. The molecule has 1 atom stereocenters. The van der Waals surface area contributed by atoms with Gasteiger partial charge in [0.25, 0.3) is 0 Å². The Morgan fingerprint density at radius 1 is 1.24 bits per heavy atom. The highest BCUT2D eigenvalue weighted by Crippen LogP contribution is 2.30. The summed E-state index contributed by atoms with van der Waals surface area (Å²) in [6.45, 7) is 1.50. The Kier molecular flexibility index (Phi) is 4.85. The van der Waals surface area contributed by atoms with Crippen molar-refractivity contribution in [1.29, 1.82) is 0 Å². The van der Waals surface area contributed by atoms with E-state index in [1.165, 1.54) is 32.1 Å². The molecule has 0 radical (unpaired) electrons. The lowest BCUT2D eigenvalue weighted by atomic mass is 9.89. The first-order chi connectivity index (χ1) is 10.3. The smallest absolute Gasteiger partial charge is 0.237 e. The lowest BCUT2D eigenvalue weighted by Crippen LogP contribution is -2.41. The molecule has 116 valence electrons. The average Bonchev–Trinajstić information content (AvgIpc) is 3.20. The highest BCUT2D eigenvalue weighted by Gasteiger charge is 2.22. The number of amides is 1. The van der Waals surface area contributed by atoms with Gasteiger partial charge in [0.2, 0.25) is 11.8 Å². The minimum Gasteiger partial charge on any atom is -0.354 e. The molecule has 2 aliphatic rings. The molecule has 2 fully saturated rings. The molecule has 6 nitrogen and oxygen atoms in total. The number of carbonyl (C=O) groups is 1. The third-order valence-corrected chi connectivity index (χ3v) is 4.47. The number of rotatable bonds is 5. The van der Waals surface area contributed by atoms with E-state index in [-0.39, 0.29) is 11.9 Å². The molecular weight excluding hydrogens is 268 g/mol. The molecular formula is C15H24N4O2. The number of aromatic nitrogens is 2. The van der Waals surface area contributed by atoms with Gasteiger partial charge in [-0.1, -0.05) is 24.4 Å². The van der Waals surface area contributed by atoms with Crippen molar-refractivity contribution < 1.29 is 9.32 Å². The van der Waals surface area contributed by atoms with Crippen molar-refractivity contribution in [1.82, 2.24) is 20.8 Å². The zero-order valence-electron chi connectivity index (χ0n) is 12.4. The molecule has 1 aliphatic heterocycles. The fourth-order valence-corrected chi connectivity index (χ4v) is 3.22. The summed E-state index contributed by atoms with van der Waals surface area (Å²) in [4.78, 5) is 16.3. The molecule has 0 spiro atoms. The maximum absolute atomic E-state index is 11.8. The molecule has 1 saturated carbocycles. The summed E-state index contributed by atoms with van der Waals surface area (Å²) in [5, 5.41) is 10.2. The molecule has 3 rings (SSSR count).